The smallest absolute Gasteiger partial charge is 0.360 e. The molecular formula is C12H10ClNO3. The largest absolute Gasteiger partial charge is 0.464 e. The van der Waals surface area contributed by atoms with Crippen LogP contribution in [0, 0.1) is 0 Å². The molecule has 0 fully saturated rings. The first-order chi connectivity index (χ1) is 8.19. The van der Waals surface area contributed by atoms with Gasteiger partial charge < -0.3 is 9.26 Å². The molecule has 0 radical (unpaired) electrons. The molecule has 1 aromatic carbocycles. The molecule has 0 aliphatic heterocycles. The van der Waals surface area contributed by atoms with Crippen LogP contribution < -0.4 is 0 Å². The minimum absolute atomic E-state index is 0.177. The lowest BCUT2D eigenvalue weighted by molar-refractivity contribution is 0.0589. The van der Waals surface area contributed by atoms with E-state index in [1.807, 2.05) is 12.1 Å². The zero-order valence-corrected chi connectivity index (χ0v) is 9.90. The van der Waals surface area contributed by atoms with Gasteiger partial charge in [-0.3, -0.25) is 0 Å². The molecular weight excluding hydrogens is 242 g/mol. The third-order valence-electron chi connectivity index (χ3n) is 2.25. The van der Waals surface area contributed by atoms with Crippen molar-refractivity contribution in [2.45, 2.75) is 6.42 Å². The Morgan fingerprint density at radius 2 is 2.12 bits per heavy atom. The zero-order chi connectivity index (χ0) is 12.3. The minimum Gasteiger partial charge on any atom is -0.464 e. The number of nitrogens with zero attached hydrogens (tertiary/aromatic N) is 1. The summed E-state index contributed by atoms with van der Waals surface area (Å²) >= 11 is 5.78. The second-order valence-electron chi connectivity index (χ2n) is 3.47. The maximum atomic E-state index is 11.2. The average molecular weight is 252 g/mol. The lowest BCUT2D eigenvalue weighted by atomic mass is 10.1. The molecule has 1 heterocycles. The number of carbonyl (C=O) groups excluding carboxylic acids is 1. The average Bonchev–Trinajstić information content (AvgIpc) is 2.80. The number of methoxy groups -OCH3 is 1. The van der Waals surface area contributed by atoms with Crippen molar-refractivity contribution in [3.63, 3.8) is 0 Å². The Hall–Kier alpha value is -1.81. The molecule has 2 aromatic rings. The van der Waals surface area contributed by atoms with Crippen molar-refractivity contribution in [3.05, 3.63) is 52.4 Å². The topological polar surface area (TPSA) is 52.3 Å². The fourth-order valence-corrected chi connectivity index (χ4v) is 1.53. The van der Waals surface area contributed by atoms with E-state index in [-0.39, 0.29) is 5.69 Å². The molecule has 0 saturated heterocycles. The van der Waals surface area contributed by atoms with Crippen molar-refractivity contribution < 1.29 is 14.1 Å². The van der Waals surface area contributed by atoms with Gasteiger partial charge in [0.15, 0.2) is 5.69 Å². The van der Waals surface area contributed by atoms with E-state index in [1.165, 1.54) is 7.11 Å². The van der Waals surface area contributed by atoms with Gasteiger partial charge in [0, 0.05) is 17.5 Å². The van der Waals surface area contributed by atoms with Crippen LogP contribution in [-0.2, 0) is 11.2 Å². The summed E-state index contributed by atoms with van der Waals surface area (Å²) in [6.07, 6.45) is 0.557. The van der Waals surface area contributed by atoms with Crippen LogP contribution in [0.3, 0.4) is 0 Å². The zero-order valence-electron chi connectivity index (χ0n) is 9.14. The number of esters is 1. The fourth-order valence-electron chi connectivity index (χ4n) is 1.40. The van der Waals surface area contributed by atoms with Gasteiger partial charge in [0.1, 0.15) is 5.76 Å². The lowest BCUT2D eigenvalue weighted by Gasteiger charge is -1.96. The maximum Gasteiger partial charge on any atom is 0.360 e. The first-order valence-electron chi connectivity index (χ1n) is 4.97. The van der Waals surface area contributed by atoms with E-state index in [1.54, 1.807) is 18.2 Å². The van der Waals surface area contributed by atoms with Crippen LogP contribution in [-0.4, -0.2) is 18.2 Å². The Morgan fingerprint density at radius 1 is 1.41 bits per heavy atom. The molecule has 1 aromatic heterocycles. The Morgan fingerprint density at radius 3 is 2.76 bits per heavy atom. The number of ether oxygens (including phenoxy) is 1. The van der Waals surface area contributed by atoms with Gasteiger partial charge in [-0.25, -0.2) is 4.79 Å². The summed E-state index contributed by atoms with van der Waals surface area (Å²) in [5, 5.41) is 4.31. The van der Waals surface area contributed by atoms with E-state index < -0.39 is 5.97 Å². The monoisotopic (exact) mass is 251 g/mol. The standard InChI is InChI=1S/C12H10ClNO3/c1-16-12(15)11-7-10(17-14-11)6-8-2-4-9(13)5-3-8/h2-5,7H,6H2,1H3. The molecule has 4 nitrogen and oxygen atoms in total. The Bertz CT molecular complexity index is 519. The predicted octanol–water partition coefficient (Wildman–Crippen LogP) is 2.71. The highest BCUT2D eigenvalue weighted by Crippen LogP contribution is 2.14. The normalized spacial score (nSPS) is 10.2. The van der Waals surface area contributed by atoms with Gasteiger partial charge in [0.05, 0.1) is 7.11 Å². The Balaban J connectivity index is 2.11. The number of benzene rings is 1. The Kier molecular flexibility index (Phi) is 3.44. The minimum atomic E-state index is -0.504. The SMILES string of the molecule is COC(=O)c1cc(Cc2ccc(Cl)cc2)on1. The molecule has 0 amide bonds. The number of hydrogen-bond donors (Lipinski definition) is 0. The van der Waals surface area contributed by atoms with E-state index in [0.717, 1.165) is 5.56 Å². The first-order valence-corrected chi connectivity index (χ1v) is 5.35. The second-order valence-corrected chi connectivity index (χ2v) is 3.91. The quantitative estimate of drug-likeness (QED) is 0.787. The molecule has 0 spiro atoms. The van der Waals surface area contributed by atoms with Crippen molar-refractivity contribution in [2.75, 3.05) is 7.11 Å². The van der Waals surface area contributed by atoms with E-state index in [9.17, 15) is 4.79 Å². The number of halogens is 1. The highest BCUT2D eigenvalue weighted by molar-refractivity contribution is 6.30. The first kappa shape index (κ1) is 11.7. The van der Waals surface area contributed by atoms with Crippen molar-refractivity contribution >= 4 is 17.6 Å². The van der Waals surface area contributed by atoms with E-state index in [2.05, 4.69) is 9.89 Å². The van der Waals surface area contributed by atoms with Gasteiger partial charge >= 0.3 is 5.97 Å². The highest BCUT2D eigenvalue weighted by Gasteiger charge is 2.12. The van der Waals surface area contributed by atoms with Crippen molar-refractivity contribution in [2.24, 2.45) is 0 Å². The highest BCUT2D eigenvalue weighted by atomic mass is 35.5. The van der Waals surface area contributed by atoms with Gasteiger partial charge in [0.2, 0.25) is 0 Å². The van der Waals surface area contributed by atoms with Gasteiger partial charge in [-0.2, -0.15) is 0 Å². The van der Waals surface area contributed by atoms with Gasteiger partial charge in [-0.1, -0.05) is 28.9 Å². The molecule has 17 heavy (non-hydrogen) atoms. The maximum absolute atomic E-state index is 11.2. The van der Waals surface area contributed by atoms with Crippen LogP contribution in [0.1, 0.15) is 21.8 Å². The molecule has 88 valence electrons. The summed E-state index contributed by atoms with van der Waals surface area (Å²) in [7, 11) is 1.30. The summed E-state index contributed by atoms with van der Waals surface area (Å²) < 4.78 is 9.57. The molecule has 0 bridgehead atoms. The van der Waals surface area contributed by atoms with Crippen LogP contribution in [0.2, 0.25) is 5.02 Å². The van der Waals surface area contributed by atoms with Crippen LogP contribution in [0.15, 0.2) is 34.9 Å². The number of rotatable bonds is 3. The summed E-state index contributed by atoms with van der Waals surface area (Å²) in [6.45, 7) is 0. The second kappa shape index (κ2) is 5.01. The van der Waals surface area contributed by atoms with Gasteiger partial charge in [-0.05, 0) is 17.7 Å². The predicted molar refractivity (Wildman–Crippen MR) is 62.1 cm³/mol. The molecule has 2 rings (SSSR count). The summed E-state index contributed by atoms with van der Waals surface area (Å²) in [4.78, 5) is 11.2. The van der Waals surface area contributed by atoms with Crippen molar-refractivity contribution in [3.8, 4) is 0 Å². The third kappa shape index (κ3) is 2.85. The van der Waals surface area contributed by atoms with Crippen LogP contribution >= 0.6 is 11.6 Å². The molecule has 0 aliphatic carbocycles. The fraction of sp³-hybridized carbons (Fsp3) is 0.167. The summed E-state index contributed by atoms with van der Waals surface area (Å²) in [6, 6.07) is 8.95. The van der Waals surface area contributed by atoms with E-state index >= 15 is 0 Å². The van der Waals surface area contributed by atoms with Gasteiger partial charge in [-0.15, -0.1) is 0 Å². The molecule has 0 N–H and O–H groups in total. The van der Waals surface area contributed by atoms with Crippen LogP contribution in [0.4, 0.5) is 0 Å². The number of hydrogen-bond acceptors (Lipinski definition) is 4. The number of aromatic nitrogens is 1. The Labute approximate surface area is 103 Å². The molecule has 0 atom stereocenters. The van der Waals surface area contributed by atoms with E-state index in [4.69, 9.17) is 16.1 Å². The molecule has 0 unspecified atom stereocenters. The van der Waals surface area contributed by atoms with Crippen LogP contribution in [0.5, 0.6) is 0 Å². The van der Waals surface area contributed by atoms with Gasteiger partial charge in [0.25, 0.3) is 0 Å². The van der Waals surface area contributed by atoms with Crippen molar-refractivity contribution in [1.29, 1.82) is 0 Å². The van der Waals surface area contributed by atoms with Crippen molar-refractivity contribution in [1.82, 2.24) is 5.16 Å². The molecule has 0 aliphatic rings. The third-order valence-corrected chi connectivity index (χ3v) is 2.50. The van der Waals surface area contributed by atoms with Crippen LogP contribution in [0.25, 0.3) is 0 Å². The number of carbonyl (C=O) groups is 1. The lowest BCUT2D eigenvalue weighted by Crippen LogP contribution is -2.00. The van der Waals surface area contributed by atoms with E-state index in [0.29, 0.717) is 17.2 Å². The molecule has 5 heteroatoms. The molecule has 0 saturated carbocycles. The summed E-state index contributed by atoms with van der Waals surface area (Å²) in [5.41, 5.74) is 1.21. The summed E-state index contributed by atoms with van der Waals surface area (Å²) in [5.74, 6) is 0.101.